The first kappa shape index (κ1) is 14.3. The molecule has 1 aliphatic rings. The maximum atomic E-state index is 12.5. The number of hydrogen-bond acceptors (Lipinski definition) is 5. The van der Waals surface area contributed by atoms with Crippen molar-refractivity contribution in [2.75, 3.05) is 26.7 Å². The van der Waals surface area contributed by atoms with Crippen LogP contribution in [0.1, 0.15) is 10.5 Å². The Morgan fingerprint density at radius 3 is 3.00 bits per heavy atom. The van der Waals surface area contributed by atoms with Gasteiger partial charge in [0.25, 0.3) is 11.8 Å². The summed E-state index contributed by atoms with van der Waals surface area (Å²) < 4.78 is 5.34. The van der Waals surface area contributed by atoms with E-state index in [2.05, 4.69) is 20.3 Å². The van der Waals surface area contributed by atoms with Crippen LogP contribution in [0.5, 0.6) is 0 Å². The highest BCUT2D eigenvalue weighted by Crippen LogP contribution is 2.12. The lowest BCUT2D eigenvalue weighted by Gasteiger charge is -2.31. The second-order valence-electron chi connectivity index (χ2n) is 4.90. The number of likely N-dealkylation sites (N-methyl/N-ethyl adjacent to an activating group) is 1. The van der Waals surface area contributed by atoms with Crippen molar-refractivity contribution >= 4 is 23.0 Å². The highest BCUT2D eigenvalue weighted by Gasteiger charge is 2.29. The molecule has 2 aromatic heterocycles. The van der Waals surface area contributed by atoms with Gasteiger partial charge in [0.2, 0.25) is 0 Å². The summed E-state index contributed by atoms with van der Waals surface area (Å²) in [5.74, 6) is -0.572. The zero-order valence-electron chi connectivity index (χ0n) is 11.9. The number of pyridine rings is 1. The molecule has 9 nitrogen and oxygen atoms in total. The number of fused-ring (bicyclic) bond motifs is 1. The summed E-state index contributed by atoms with van der Waals surface area (Å²) in [6.45, 7) is 0.838. The zero-order valence-corrected chi connectivity index (χ0v) is 11.9. The number of hydrogen-bond donors (Lipinski definition) is 3. The van der Waals surface area contributed by atoms with Gasteiger partial charge in [-0.3, -0.25) is 14.6 Å². The monoisotopic (exact) mass is 305 g/mol. The average molecular weight is 305 g/mol. The van der Waals surface area contributed by atoms with Gasteiger partial charge in [-0.05, 0) is 12.1 Å². The first-order valence-electron chi connectivity index (χ1n) is 6.80. The summed E-state index contributed by atoms with van der Waals surface area (Å²) >= 11 is 0. The van der Waals surface area contributed by atoms with Gasteiger partial charge in [-0.1, -0.05) is 0 Å². The average Bonchev–Trinajstić information content (AvgIpc) is 2.92. The fraction of sp³-hybridized carbons (Fsp3) is 0.385. The molecule has 3 N–H and O–H groups in total. The predicted molar refractivity (Wildman–Crippen MR) is 76.4 cm³/mol. The Hall–Kier alpha value is -2.68. The van der Waals surface area contributed by atoms with E-state index in [-0.39, 0.29) is 36.3 Å². The Morgan fingerprint density at radius 2 is 2.23 bits per heavy atom. The van der Waals surface area contributed by atoms with Crippen LogP contribution in [0.3, 0.4) is 0 Å². The van der Waals surface area contributed by atoms with Crippen molar-refractivity contribution in [3.05, 3.63) is 28.3 Å². The topological polar surface area (TPSA) is 120 Å². The summed E-state index contributed by atoms with van der Waals surface area (Å²) in [5.41, 5.74) is 0.692. The second-order valence-corrected chi connectivity index (χ2v) is 4.90. The number of ether oxygens (including phenoxy) is 1. The Kier molecular flexibility index (Phi) is 3.63. The number of nitrogens with zero attached hydrogens (tertiary/aromatic N) is 2. The molecule has 2 aromatic rings. The van der Waals surface area contributed by atoms with E-state index >= 15 is 0 Å². The van der Waals surface area contributed by atoms with Crippen molar-refractivity contribution in [2.24, 2.45) is 0 Å². The summed E-state index contributed by atoms with van der Waals surface area (Å²) in [7, 11) is 1.52. The van der Waals surface area contributed by atoms with E-state index in [0.29, 0.717) is 17.7 Å². The smallest absolute Gasteiger partial charge is 0.325 e. The Bertz CT molecular complexity index is 780. The molecule has 0 bridgehead atoms. The van der Waals surface area contributed by atoms with Crippen molar-refractivity contribution in [3.63, 3.8) is 0 Å². The summed E-state index contributed by atoms with van der Waals surface area (Å²) in [6, 6.07) is 3.16. The third kappa shape index (κ3) is 2.58. The molecule has 0 aliphatic carbocycles. The maximum Gasteiger partial charge on any atom is 0.325 e. The van der Waals surface area contributed by atoms with Crippen LogP contribution in [-0.2, 0) is 9.53 Å². The minimum atomic E-state index is -0.682. The number of carbonyl (C=O) groups excluding carboxylic acids is 2. The molecule has 1 saturated heterocycles. The molecule has 1 aliphatic heterocycles. The van der Waals surface area contributed by atoms with Gasteiger partial charge in [0.05, 0.1) is 18.7 Å². The van der Waals surface area contributed by atoms with Gasteiger partial charge in [0.1, 0.15) is 5.69 Å². The first-order chi connectivity index (χ1) is 10.6. The Labute approximate surface area is 124 Å². The van der Waals surface area contributed by atoms with Crippen molar-refractivity contribution in [1.29, 1.82) is 0 Å². The minimum absolute atomic E-state index is 0.169. The fourth-order valence-corrected chi connectivity index (χ4v) is 2.35. The molecule has 22 heavy (non-hydrogen) atoms. The van der Waals surface area contributed by atoms with E-state index in [1.54, 1.807) is 12.1 Å². The molecule has 0 radical (unpaired) electrons. The molecule has 1 fully saturated rings. The van der Waals surface area contributed by atoms with Gasteiger partial charge in [-0.15, -0.1) is 0 Å². The van der Waals surface area contributed by atoms with Crippen LogP contribution >= 0.6 is 0 Å². The van der Waals surface area contributed by atoms with Crippen molar-refractivity contribution in [3.8, 4) is 0 Å². The van der Waals surface area contributed by atoms with Gasteiger partial charge in [-0.25, -0.2) is 9.78 Å². The van der Waals surface area contributed by atoms with Gasteiger partial charge in [0.15, 0.2) is 11.8 Å². The lowest BCUT2D eigenvalue weighted by molar-refractivity contribution is -0.136. The number of amides is 2. The van der Waals surface area contributed by atoms with Crippen LogP contribution < -0.4 is 11.0 Å². The summed E-state index contributed by atoms with van der Waals surface area (Å²) in [5, 5.41) is 2.50. The third-order valence-electron chi connectivity index (χ3n) is 3.49. The van der Waals surface area contributed by atoms with Crippen molar-refractivity contribution < 1.29 is 14.3 Å². The van der Waals surface area contributed by atoms with Crippen LogP contribution in [0.25, 0.3) is 11.2 Å². The number of H-pyrrole nitrogens is 2. The molecule has 0 spiro atoms. The van der Waals surface area contributed by atoms with Gasteiger partial charge < -0.3 is 19.9 Å². The molecule has 1 atom stereocenters. The number of aromatic nitrogens is 3. The molecular formula is C13H15N5O4. The highest BCUT2D eigenvalue weighted by molar-refractivity contribution is 5.94. The molecule has 116 valence electrons. The number of imidazole rings is 1. The number of nitrogens with one attached hydrogen (secondary N) is 3. The number of rotatable bonds is 2. The van der Waals surface area contributed by atoms with Gasteiger partial charge >= 0.3 is 5.69 Å². The van der Waals surface area contributed by atoms with Crippen molar-refractivity contribution in [1.82, 2.24) is 25.2 Å². The number of morpholine rings is 1. The van der Waals surface area contributed by atoms with E-state index in [4.69, 9.17) is 4.74 Å². The lowest BCUT2D eigenvalue weighted by Crippen LogP contribution is -2.51. The predicted octanol–water partition coefficient (Wildman–Crippen LogP) is -1.16. The molecule has 2 amide bonds. The Balaban J connectivity index is 1.82. The second kappa shape index (κ2) is 5.60. The minimum Gasteiger partial charge on any atom is -0.365 e. The fourth-order valence-electron chi connectivity index (χ4n) is 2.35. The summed E-state index contributed by atoms with van der Waals surface area (Å²) in [4.78, 5) is 46.0. The van der Waals surface area contributed by atoms with Crippen LogP contribution in [0.4, 0.5) is 0 Å². The van der Waals surface area contributed by atoms with Crippen LogP contribution in [-0.4, -0.2) is 64.5 Å². The van der Waals surface area contributed by atoms with Crippen LogP contribution in [0.2, 0.25) is 0 Å². The highest BCUT2D eigenvalue weighted by atomic mass is 16.5. The standard InChI is InChI=1S/C13H15N5O4/c1-14-11(19)9-6-18(4-5-22-9)12(20)8-3-2-7-10(15-8)17-13(21)16-7/h2-3,9H,4-6H2,1H3,(H,14,19)(H2,15,16,17,21). The quantitative estimate of drug-likeness (QED) is 0.646. The van der Waals surface area contributed by atoms with E-state index in [1.807, 2.05) is 0 Å². The Morgan fingerprint density at radius 1 is 1.41 bits per heavy atom. The zero-order chi connectivity index (χ0) is 15.7. The molecule has 0 saturated carbocycles. The molecule has 0 aromatic carbocycles. The largest absolute Gasteiger partial charge is 0.365 e. The molecule has 1 unspecified atom stereocenters. The molecular weight excluding hydrogens is 290 g/mol. The van der Waals surface area contributed by atoms with Crippen molar-refractivity contribution in [2.45, 2.75) is 6.10 Å². The molecule has 3 heterocycles. The van der Waals surface area contributed by atoms with E-state index in [9.17, 15) is 14.4 Å². The van der Waals surface area contributed by atoms with Crippen LogP contribution in [0.15, 0.2) is 16.9 Å². The summed E-state index contributed by atoms with van der Waals surface area (Å²) in [6.07, 6.45) is -0.682. The normalized spacial score (nSPS) is 18.4. The SMILES string of the molecule is CNC(=O)C1CN(C(=O)c2ccc3[nH]c(=O)[nH]c3n2)CCO1. The van der Waals surface area contributed by atoms with E-state index in [1.165, 1.54) is 11.9 Å². The first-order valence-corrected chi connectivity index (χ1v) is 6.80. The third-order valence-corrected chi connectivity index (χ3v) is 3.49. The number of aromatic amines is 2. The van der Waals surface area contributed by atoms with Crippen LogP contribution in [0, 0.1) is 0 Å². The molecule has 3 rings (SSSR count). The maximum absolute atomic E-state index is 12.5. The molecule has 9 heteroatoms. The van der Waals surface area contributed by atoms with Gasteiger partial charge in [-0.2, -0.15) is 0 Å². The number of carbonyl (C=O) groups is 2. The van der Waals surface area contributed by atoms with E-state index in [0.717, 1.165) is 0 Å². The van der Waals surface area contributed by atoms with E-state index < -0.39 is 6.10 Å². The lowest BCUT2D eigenvalue weighted by atomic mass is 10.2. The van der Waals surface area contributed by atoms with Gasteiger partial charge in [0, 0.05) is 13.6 Å².